The van der Waals surface area contributed by atoms with E-state index in [0.717, 1.165) is 63.5 Å². The van der Waals surface area contributed by atoms with Crippen LogP contribution in [-0.2, 0) is 36.7 Å². The third kappa shape index (κ3) is 29.7. The highest BCUT2D eigenvalue weighted by molar-refractivity contribution is 6.87. The van der Waals surface area contributed by atoms with Gasteiger partial charge in [-0.15, -0.1) is 0 Å². The average molecular weight is 1050 g/mol. The van der Waals surface area contributed by atoms with Gasteiger partial charge in [-0.3, -0.25) is 0 Å². The zero-order valence-corrected chi connectivity index (χ0v) is 49.3. The van der Waals surface area contributed by atoms with Crippen LogP contribution in [0.2, 0.25) is 51.4 Å². The van der Waals surface area contributed by atoms with Gasteiger partial charge in [-0.25, -0.2) is 19.2 Å². The first-order valence-corrected chi connectivity index (χ1v) is 34.9. The van der Waals surface area contributed by atoms with E-state index in [-0.39, 0.29) is 60.2 Å². The number of amides is 4. The molecule has 0 saturated heterocycles. The van der Waals surface area contributed by atoms with E-state index < -0.39 is 49.6 Å². The molecule has 19 heteroatoms. The van der Waals surface area contributed by atoms with E-state index in [2.05, 4.69) is 102 Å². The van der Waals surface area contributed by atoms with Crippen molar-refractivity contribution in [2.24, 2.45) is 21.7 Å². The van der Waals surface area contributed by atoms with Crippen molar-refractivity contribution in [3.05, 3.63) is 48.6 Å². The van der Waals surface area contributed by atoms with Gasteiger partial charge in [0.25, 0.3) is 0 Å². The Morgan fingerprint density at radius 1 is 0.507 bits per heavy atom. The van der Waals surface area contributed by atoms with E-state index in [4.69, 9.17) is 36.7 Å². The first kappa shape index (κ1) is 63.6. The van der Waals surface area contributed by atoms with Gasteiger partial charge >= 0.3 is 32.9 Å². The molecule has 0 bridgehead atoms. The Labute approximate surface area is 431 Å². The molecule has 0 radical (unpaired) electrons. The molecule has 4 amide bonds. The number of ether oxygens (including phenoxy) is 6. The van der Waals surface area contributed by atoms with E-state index >= 15 is 0 Å². The topological polar surface area (TPSA) is 190 Å². The number of carbonyl (C=O) groups is 4. The molecule has 0 aliphatic heterocycles. The number of alkyl carbamates (subject to hydrolysis) is 4. The van der Waals surface area contributed by atoms with Gasteiger partial charge in [-0.05, 0) is 150 Å². The van der Waals surface area contributed by atoms with Crippen molar-refractivity contribution in [2.75, 3.05) is 65.9 Å². The zero-order chi connectivity index (χ0) is 53.2. The maximum atomic E-state index is 12.6. The highest BCUT2D eigenvalue weighted by atomic mass is 28.5. The minimum absolute atomic E-state index is 0.0222. The second kappa shape index (κ2) is 30.7. The molecular formula is C52H96N4O12Si3. The highest BCUT2D eigenvalue weighted by Crippen LogP contribution is 2.47. The van der Waals surface area contributed by atoms with Crippen LogP contribution in [0.1, 0.15) is 107 Å². The minimum Gasteiger partial charge on any atom is -0.447 e. The minimum atomic E-state index is -2.41. The van der Waals surface area contributed by atoms with Crippen LogP contribution in [0.15, 0.2) is 48.6 Å². The lowest BCUT2D eigenvalue weighted by molar-refractivity contribution is 0.0554. The Bertz CT molecular complexity index is 1640. The summed E-state index contributed by atoms with van der Waals surface area (Å²) in [6, 6.07) is 1.72. The van der Waals surface area contributed by atoms with Crippen LogP contribution in [0, 0.1) is 21.7 Å². The lowest BCUT2D eigenvalue weighted by Gasteiger charge is -2.46. The summed E-state index contributed by atoms with van der Waals surface area (Å²) in [5.41, 5.74) is -0.490. The molecule has 2 aliphatic carbocycles. The maximum absolute atomic E-state index is 12.6. The molecule has 0 aromatic carbocycles. The number of allylic oxidation sites excluding steroid dienone is 6. The predicted molar refractivity (Wildman–Crippen MR) is 290 cm³/mol. The summed E-state index contributed by atoms with van der Waals surface area (Å²) in [7, 11) is -6.51. The van der Waals surface area contributed by atoms with Crippen molar-refractivity contribution in [3.63, 3.8) is 0 Å². The molecule has 4 N–H and O–H groups in total. The van der Waals surface area contributed by atoms with Gasteiger partial charge in [0, 0.05) is 38.4 Å². The Kier molecular flexibility index (Phi) is 27.5. The van der Waals surface area contributed by atoms with Crippen molar-refractivity contribution in [3.8, 4) is 0 Å². The number of carbonyl (C=O) groups excluding carboxylic acids is 4. The molecule has 0 heterocycles. The third-order valence-corrected chi connectivity index (χ3v) is 23.9. The first-order chi connectivity index (χ1) is 33.1. The number of rotatable bonds is 30. The lowest BCUT2D eigenvalue weighted by Crippen LogP contribution is -2.52. The quantitative estimate of drug-likeness (QED) is 0.0231. The van der Waals surface area contributed by atoms with Crippen molar-refractivity contribution < 1.29 is 55.8 Å². The van der Waals surface area contributed by atoms with Crippen molar-refractivity contribution in [1.29, 1.82) is 0 Å². The maximum Gasteiger partial charge on any atom is 0.407 e. The summed E-state index contributed by atoms with van der Waals surface area (Å²) < 4.78 is 46.7. The van der Waals surface area contributed by atoms with Gasteiger partial charge in [0.05, 0.1) is 13.2 Å². The smallest absolute Gasteiger partial charge is 0.407 e. The zero-order valence-electron chi connectivity index (χ0n) is 46.3. The summed E-state index contributed by atoms with van der Waals surface area (Å²) in [4.78, 5) is 50.1. The fraction of sp³-hybridized carbons (Fsp3) is 0.769. The molecule has 0 aromatic rings. The Morgan fingerprint density at radius 3 is 1.25 bits per heavy atom. The fourth-order valence-corrected chi connectivity index (χ4v) is 24.8. The van der Waals surface area contributed by atoms with Gasteiger partial charge < -0.3 is 57.9 Å². The van der Waals surface area contributed by atoms with E-state index in [1.54, 1.807) is 12.2 Å². The van der Waals surface area contributed by atoms with E-state index in [9.17, 15) is 19.2 Å². The van der Waals surface area contributed by atoms with Crippen LogP contribution < -0.4 is 21.3 Å². The van der Waals surface area contributed by atoms with Gasteiger partial charge in [-0.1, -0.05) is 78.0 Å². The molecule has 0 spiro atoms. The second-order valence-corrected chi connectivity index (χ2v) is 35.9. The standard InChI is InChI=1S/C52H96N4O12Si3/c1-15-17-19-21-27-63-47(59)55-43-35-49(3,4)39-51(7,37-43)41-53-45(57)65-31-29-61-25-23-33-69(9,10)67-71(13,14)68-70(11,12)34-24-26-62-30-32-66-46(58)54-42-52(8)38-44(36-50(5,6)40-52)56-48(60)64-28-22-20-18-16-2/h15-22,43-44H,23-42H2,1-14H3,(H,53,57)(H,54,58)(H,55,59)(H,56,60)/b17-15+,18-16+,21-19+,22-20+. The van der Waals surface area contributed by atoms with Crippen molar-refractivity contribution in [2.45, 2.75) is 170 Å². The fourth-order valence-electron chi connectivity index (χ4n) is 10.8. The molecule has 0 aromatic heterocycles. The molecule has 2 rings (SSSR count). The SMILES string of the molecule is C/C=C/C=C/COC(=O)NC1CC(C)(C)CC(C)(CNC(=O)OCCOCCC[Si](C)(C)O[Si](C)(C)O[Si](C)(C)CCCOCCOC(=O)NCC2(C)CC(NC(=O)OC/C=C/C=C/C)CC(C)(C)C2)C1. The van der Waals surface area contributed by atoms with Crippen molar-refractivity contribution >= 4 is 49.6 Å². The number of nitrogens with one attached hydrogen (secondary N) is 4. The molecular weight excluding hydrogens is 957 g/mol. The van der Waals surface area contributed by atoms with Gasteiger partial charge in [0.1, 0.15) is 26.4 Å². The van der Waals surface area contributed by atoms with E-state index in [0.29, 0.717) is 39.5 Å². The predicted octanol–water partition coefficient (Wildman–Crippen LogP) is 11.3. The Morgan fingerprint density at radius 2 is 0.887 bits per heavy atom. The molecule has 16 nitrogen and oxygen atoms in total. The molecule has 408 valence electrons. The van der Waals surface area contributed by atoms with E-state index in [1.807, 2.05) is 50.3 Å². The van der Waals surface area contributed by atoms with Crippen LogP contribution in [-0.4, -0.2) is 128 Å². The summed E-state index contributed by atoms with van der Waals surface area (Å²) in [6.45, 7) is 33.4. The summed E-state index contributed by atoms with van der Waals surface area (Å²) >= 11 is 0. The monoisotopic (exact) mass is 1050 g/mol. The summed E-state index contributed by atoms with van der Waals surface area (Å²) in [6.07, 6.45) is 19.6. The molecule has 2 aliphatic rings. The van der Waals surface area contributed by atoms with Crippen molar-refractivity contribution in [1.82, 2.24) is 21.3 Å². The van der Waals surface area contributed by atoms with Crippen LogP contribution in [0.5, 0.6) is 0 Å². The number of hydrogen-bond donors (Lipinski definition) is 4. The first-order valence-electron chi connectivity index (χ1n) is 25.9. The van der Waals surface area contributed by atoms with Gasteiger partial charge in [0.2, 0.25) is 0 Å². The molecule has 4 atom stereocenters. The number of hydrogen-bond acceptors (Lipinski definition) is 12. The molecule has 71 heavy (non-hydrogen) atoms. The van der Waals surface area contributed by atoms with Crippen LogP contribution in [0.4, 0.5) is 19.2 Å². The van der Waals surface area contributed by atoms with Crippen LogP contribution >= 0.6 is 0 Å². The average Bonchev–Trinajstić information content (AvgIpc) is 3.22. The Hall–Kier alpha value is -3.47. The highest BCUT2D eigenvalue weighted by Gasteiger charge is 2.44. The third-order valence-electron chi connectivity index (χ3n) is 12.5. The van der Waals surface area contributed by atoms with E-state index in [1.165, 1.54) is 0 Å². The summed E-state index contributed by atoms with van der Waals surface area (Å²) in [5.74, 6) is 0. The molecule has 2 saturated carbocycles. The lowest BCUT2D eigenvalue weighted by atomic mass is 9.62. The summed E-state index contributed by atoms with van der Waals surface area (Å²) in [5, 5.41) is 11.9. The second-order valence-electron chi connectivity index (χ2n) is 23.4. The Balaban J connectivity index is 1.59. The molecule has 4 unspecified atom stereocenters. The van der Waals surface area contributed by atoms with Gasteiger partial charge in [-0.2, -0.15) is 0 Å². The van der Waals surface area contributed by atoms with Crippen LogP contribution in [0.3, 0.4) is 0 Å². The normalized spacial score (nSPS) is 22.7. The van der Waals surface area contributed by atoms with Crippen LogP contribution in [0.25, 0.3) is 0 Å². The molecule has 2 fully saturated rings. The largest absolute Gasteiger partial charge is 0.447 e. The van der Waals surface area contributed by atoms with Gasteiger partial charge in [0.15, 0.2) is 16.6 Å².